The normalized spacial score (nSPS) is 9.11. The zero-order valence-electron chi connectivity index (χ0n) is 10.1. The van der Waals surface area contributed by atoms with Crippen LogP contribution in [-0.2, 0) is 13.1 Å². The van der Waals surface area contributed by atoms with Crippen molar-refractivity contribution in [1.29, 1.82) is 0 Å². The van der Waals surface area contributed by atoms with E-state index < -0.39 is 0 Å². The summed E-state index contributed by atoms with van der Waals surface area (Å²) in [6, 6.07) is 20.1. The molecule has 2 aromatic rings. The van der Waals surface area contributed by atoms with Gasteiger partial charge in [0.15, 0.2) is 0 Å². The van der Waals surface area contributed by atoms with Crippen LogP contribution in [0.15, 0.2) is 70.6 Å². The Morgan fingerprint density at radius 1 is 0.611 bits per heavy atom. The molecule has 0 aliphatic carbocycles. The SMILES string of the molecule is C(=C=NCc1ccccc1)=NCc1ccccc1. The van der Waals surface area contributed by atoms with E-state index in [9.17, 15) is 0 Å². The first-order chi connectivity index (χ1) is 8.95. The van der Waals surface area contributed by atoms with Crippen molar-refractivity contribution >= 4 is 11.7 Å². The molecule has 0 radical (unpaired) electrons. The van der Waals surface area contributed by atoms with E-state index in [1.54, 1.807) is 0 Å². The highest BCUT2D eigenvalue weighted by Gasteiger charge is 1.85. The molecule has 0 aliphatic heterocycles. The molecule has 88 valence electrons. The summed E-state index contributed by atoms with van der Waals surface area (Å²) in [6.07, 6.45) is 0. The van der Waals surface area contributed by atoms with Gasteiger partial charge in [0.25, 0.3) is 0 Å². The lowest BCUT2D eigenvalue weighted by molar-refractivity contribution is 1.08. The van der Waals surface area contributed by atoms with Gasteiger partial charge in [0.05, 0.1) is 24.8 Å². The van der Waals surface area contributed by atoms with E-state index in [1.165, 1.54) is 0 Å². The standard InChI is InChI=1S/C16H14N2/c1-3-7-15(8-4-1)13-17-11-12-18-14-16-9-5-2-6-10-16/h1-10H,13-14H2. The smallest absolute Gasteiger partial charge is 0.0741 e. The average molecular weight is 234 g/mol. The fourth-order valence-electron chi connectivity index (χ4n) is 1.50. The molecule has 0 aromatic heterocycles. The number of rotatable bonds is 4. The molecule has 0 saturated heterocycles. The second kappa shape index (κ2) is 7.03. The number of benzene rings is 2. The zero-order chi connectivity index (χ0) is 12.5. The molecule has 0 bridgehead atoms. The fraction of sp³-hybridized carbons (Fsp3) is 0.125. The molecule has 0 heterocycles. The third-order valence-electron chi connectivity index (χ3n) is 2.42. The Morgan fingerprint density at radius 3 is 1.39 bits per heavy atom. The molecule has 0 unspecified atom stereocenters. The molecular formula is C16H14N2. The predicted molar refractivity (Wildman–Crippen MR) is 75.2 cm³/mol. The summed E-state index contributed by atoms with van der Waals surface area (Å²) in [7, 11) is 0. The highest BCUT2D eigenvalue weighted by Crippen LogP contribution is 1.99. The van der Waals surface area contributed by atoms with Gasteiger partial charge in [-0.05, 0) is 11.1 Å². The van der Waals surface area contributed by atoms with Crippen molar-refractivity contribution in [3.8, 4) is 0 Å². The first-order valence-corrected chi connectivity index (χ1v) is 5.86. The summed E-state index contributed by atoms with van der Waals surface area (Å²) in [5, 5.41) is 0. The van der Waals surface area contributed by atoms with Crippen molar-refractivity contribution in [3.63, 3.8) is 0 Å². The second-order valence-corrected chi connectivity index (χ2v) is 3.83. The van der Waals surface area contributed by atoms with Crippen LogP contribution in [-0.4, -0.2) is 11.7 Å². The molecule has 0 amide bonds. The van der Waals surface area contributed by atoms with Crippen LogP contribution in [0.1, 0.15) is 11.1 Å². The number of aliphatic imine (C=N–C) groups is 2. The van der Waals surface area contributed by atoms with Crippen LogP contribution in [0.4, 0.5) is 0 Å². The van der Waals surface area contributed by atoms with Crippen LogP contribution in [0, 0.1) is 0 Å². The Labute approximate surface area is 107 Å². The van der Waals surface area contributed by atoms with E-state index in [-0.39, 0.29) is 0 Å². The lowest BCUT2D eigenvalue weighted by Gasteiger charge is -1.91. The van der Waals surface area contributed by atoms with Crippen LogP contribution in [0.5, 0.6) is 0 Å². The largest absolute Gasteiger partial charge is 0.229 e. The van der Waals surface area contributed by atoms with Gasteiger partial charge in [-0.3, -0.25) is 0 Å². The van der Waals surface area contributed by atoms with Crippen molar-refractivity contribution in [2.75, 3.05) is 0 Å². The molecule has 2 heteroatoms. The minimum absolute atomic E-state index is 0.620. The Hall–Kier alpha value is -2.40. The number of hydrogen-bond acceptors (Lipinski definition) is 2. The van der Waals surface area contributed by atoms with Crippen LogP contribution >= 0.6 is 0 Å². The van der Waals surface area contributed by atoms with E-state index in [1.807, 2.05) is 60.7 Å². The molecule has 0 atom stereocenters. The van der Waals surface area contributed by atoms with Crippen LogP contribution in [0.25, 0.3) is 0 Å². The highest BCUT2D eigenvalue weighted by atomic mass is 14.7. The van der Waals surface area contributed by atoms with Gasteiger partial charge in [-0.1, -0.05) is 60.7 Å². The van der Waals surface area contributed by atoms with E-state index in [2.05, 4.69) is 21.7 Å². The predicted octanol–water partition coefficient (Wildman–Crippen LogP) is 3.28. The first kappa shape index (κ1) is 12.1. The first-order valence-electron chi connectivity index (χ1n) is 5.86. The van der Waals surface area contributed by atoms with Gasteiger partial charge in [-0.2, -0.15) is 0 Å². The van der Waals surface area contributed by atoms with Crippen LogP contribution in [0.2, 0.25) is 0 Å². The quantitative estimate of drug-likeness (QED) is 0.725. The summed E-state index contributed by atoms with van der Waals surface area (Å²) in [5.41, 5.74) is 2.32. The molecule has 0 aliphatic rings. The zero-order valence-corrected chi connectivity index (χ0v) is 10.1. The van der Waals surface area contributed by atoms with Crippen molar-refractivity contribution in [2.24, 2.45) is 9.98 Å². The maximum Gasteiger partial charge on any atom is 0.0741 e. The minimum atomic E-state index is 0.620. The summed E-state index contributed by atoms with van der Waals surface area (Å²) in [4.78, 5) is 8.24. The Kier molecular flexibility index (Phi) is 4.71. The molecule has 0 N–H and O–H groups in total. The van der Waals surface area contributed by atoms with Gasteiger partial charge in [-0.15, -0.1) is 0 Å². The van der Waals surface area contributed by atoms with Gasteiger partial charge in [0, 0.05) is 0 Å². The molecule has 2 rings (SSSR count). The van der Waals surface area contributed by atoms with Gasteiger partial charge < -0.3 is 0 Å². The summed E-state index contributed by atoms with van der Waals surface area (Å²) >= 11 is 0. The van der Waals surface area contributed by atoms with E-state index in [0.29, 0.717) is 13.1 Å². The molecule has 2 nitrogen and oxygen atoms in total. The summed E-state index contributed by atoms with van der Waals surface area (Å²) in [5.74, 6) is 5.42. The molecule has 0 spiro atoms. The average Bonchev–Trinajstić information content (AvgIpc) is 2.45. The third-order valence-corrected chi connectivity index (χ3v) is 2.42. The number of nitrogens with zero attached hydrogens (tertiary/aromatic N) is 2. The Bertz CT molecular complexity index is 507. The fourth-order valence-corrected chi connectivity index (χ4v) is 1.50. The molecular weight excluding hydrogens is 220 g/mol. The second-order valence-electron chi connectivity index (χ2n) is 3.83. The third kappa shape index (κ3) is 4.23. The molecule has 0 fully saturated rings. The molecule has 2 aromatic carbocycles. The summed E-state index contributed by atoms with van der Waals surface area (Å²) in [6.45, 7) is 1.24. The number of hydrogen-bond donors (Lipinski definition) is 0. The topological polar surface area (TPSA) is 24.7 Å². The summed E-state index contributed by atoms with van der Waals surface area (Å²) < 4.78 is 0. The van der Waals surface area contributed by atoms with E-state index in [4.69, 9.17) is 0 Å². The Balaban J connectivity index is 1.87. The van der Waals surface area contributed by atoms with Crippen molar-refractivity contribution in [2.45, 2.75) is 13.1 Å². The lowest BCUT2D eigenvalue weighted by atomic mass is 10.2. The molecule has 18 heavy (non-hydrogen) atoms. The van der Waals surface area contributed by atoms with Crippen LogP contribution in [0.3, 0.4) is 0 Å². The highest BCUT2D eigenvalue weighted by molar-refractivity contribution is 5.88. The van der Waals surface area contributed by atoms with Crippen LogP contribution < -0.4 is 0 Å². The van der Waals surface area contributed by atoms with Crippen molar-refractivity contribution in [3.05, 3.63) is 71.8 Å². The van der Waals surface area contributed by atoms with Crippen molar-refractivity contribution in [1.82, 2.24) is 0 Å². The van der Waals surface area contributed by atoms with Crippen molar-refractivity contribution < 1.29 is 0 Å². The monoisotopic (exact) mass is 234 g/mol. The Morgan fingerprint density at radius 2 is 1.00 bits per heavy atom. The van der Waals surface area contributed by atoms with Gasteiger partial charge in [0.2, 0.25) is 0 Å². The van der Waals surface area contributed by atoms with Gasteiger partial charge >= 0.3 is 0 Å². The minimum Gasteiger partial charge on any atom is -0.229 e. The maximum atomic E-state index is 4.12. The van der Waals surface area contributed by atoms with Gasteiger partial charge in [-0.25, -0.2) is 9.98 Å². The molecule has 0 saturated carbocycles. The van der Waals surface area contributed by atoms with E-state index in [0.717, 1.165) is 11.1 Å². The lowest BCUT2D eigenvalue weighted by Crippen LogP contribution is -1.79. The maximum absolute atomic E-state index is 4.12. The van der Waals surface area contributed by atoms with E-state index >= 15 is 0 Å². The van der Waals surface area contributed by atoms with Gasteiger partial charge in [0.1, 0.15) is 0 Å².